The topological polar surface area (TPSA) is 50.4 Å². The van der Waals surface area contributed by atoms with Gasteiger partial charge in [0.2, 0.25) is 5.91 Å². The molecule has 1 aliphatic carbocycles. The number of benzene rings is 1. The van der Waals surface area contributed by atoms with Crippen LogP contribution in [0.1, 0.15) is 19.3 Å². The Kier molecular flexibility index (Phi) is 5.40. The van der Waals surface area contributed by atoms with Gasteiger partial charge in [-0.25, -0.2) is 0 Å². The molecule has 0 bridgehead atoms. The summed E-state index contributed by atoms with van der Waals surface area (Å²) in [7, 11) is 1.72. The number of carbonyl (C=O) groups is 1. The largest absolute Gasteiger partial charge is 0.385 e. The van der Waals surface area contributed by atoms with Crippen LogP contribution in [0.15, 0.2) is 24.3 Å². The minimum absolute atomic E-state index is 0.0465. The lowest BCUT2D eigenvalue weighted by atomic mass is 10.0. The van der Waals surface area contributed by atoms with Gasteiger partial charge in [0.25, 0.3) is 0 Å². The van der Waals surface area contributed by atoms with Crippen LogP contribution in [-0.2, 0) is 9.53 Å². The first-order valence-corrected chi connectivity index (χ1v) is 7.26. The normalized spacial score (nSPS) is 15.9. The molecule has 2 N–H and O–H groups in total. The van der Waals surface area contributed by atoms with Gasteiger partial charge in [-0.05, 0) is 42.9 Å². The summed E-state index contributed by atoms with van der Waals surface area (Å²) in [6.45, 7) is 1.98. The van der Waals surface area contributed by atoms with Crippen molar-refractivity contribution in [3.63, 3.8) is 0 Å². The number of ether oxygens (including phenoxy) is 1. The molecular formula is C15H21ClN2O2. The molecule has 1 aromatic rings. The second-order valence-electron chi connectivity index (χ2n) is 5.40. The number of halogens is 1. The molecule has 1 saturated carbocycles. The molecule has 1 fully saturated rings. The van der Waals surface area contributed by atoms with Crippen LogP contribution in [0.5, 0.6) is 0 Å². The Labute approximate surface area is 124 Å². The van der Waals surface area contributed by atoms with Gasteiger partial charge < -0.3 is 15.4 Å². The molecule has 1 amide bonds. The fourth-order valence-corrected chi connectivity index (χ4v) is 2.41. The lowest BCUT2D eigenvalue weighted by Gasteiger charge is -2.15. The van der Waals surface area contributed by atoms with Crippen LogP contribution < -0.4 is 10.6 Å². The molecule has 110 valence electrons. The Morgan fingerprint density at radius 2 is 2.25 bits per heavy atom. The average Bonchev–Trinajstić information content (AvgIpc) is 3.17. The summed E-state index contributed by atoms with van der Waals surface area (Å²) in [6.07, 6.45) is 3.50. The molecule has 0 atom stereocenters. The lowest BCUT2D eigenvalue weighted by Crippen LogP contribution is -2.32. The summed E-state index contributed by atoms with van der Waals surface area (Å²) in [4.78, 5) is 11.8. The van der Waals surface area contributed by atoms with E-state index in [4.69, 9.17) is 16.3 Å². The molecular weight excluding hydrogens is 276 g/mol. The Morgan fingerprint density at radius 3 is 2.90 bits per heavy atom. The Hall–Kier alpha value is -1.10. The van der Waals surface area contributed by atoms with E-state index in [9.17, 15) is 4.79 Å². The Morgan fingerprint density at radius 1 is 1.45 bits per heavy atom. The van der Waals surface area contributed by atoms with Gasteiger partial charge in [0, 0.05) is 31.0 Å². The highest BCUT2D eigenvalue weighted by molar-refractivity contribution is 6.30. The molecule has 2 rings (SSSR count). The van der Waals surface area contributed by atoms with E-state index < -0.39 is 0 Å². The number of amides is 1. The molecule has 1 aromatic carbocycles. The van der Waals surface area contributed by atoms with Gasteiger partial charge in [0.05, 0.1) is 6.54 Å². The Bertz CT molecular complexity index is 461. The van der Waals surface area contributed by atoms with E-state index in [2.05, 4.69) is 10.6 Å². The quantitative estimate of drug-likeness (QED) is 0.775. The average molecular weight is 297 g/mol. The van der Waals surface area contributed by atoms with Gasteiger partial charge in [-0.2, -0.15) is 0 Å². The lowest BCUT2D eigenvalue weighted by molar-refractivity contribution is -0.115. The third-order valence-electron chi connectivity index (χ3n) is 3.69. The van der Waals surface area contributed by atoms with Crippen LogP contribution in [0.2, 0.25) is 5.02 Å². The fraction of sp³-hybridized carbons (Fsp3) is 0.533. The van der Waals surface area contributed by atoms with E-state index in [-0.39, 0.29) is 5.91 Å². The van der Waals surface area contributed by atoms with Crippen LogP contribution in [0.3, 0.4) is 0 Å². The molecule has 5 heteroatoms. The van der Waals surface area contributed by atoms with Gasteiger partial charge in [-0.15, -0.1) is 0 Å². The van der Waals surface area contributed by atoms with E-state index in [0.29, 0.717) is 17.0 Å². The number of hydrogen-bond donors (Lipinski definition) is 2. The number of carbonyl (C=O) groups excluding carboxylic acids is 1. The zero-order valence-electron chi connectivity index (χ0n) is 11.7. The predicted molar refractivity (Wildman–Crippen MR) is 81.1 cm³/mol. The van der Waals surface area contributed by atoms with Gasteiger partial charge in [-0.1, -0.05) is 17.7 Å². The number of hydrogen-bond acceptors (Lipinski definition) is 3. The van der Waals surface area contributed by atoms with Crippen molar-refractivity contribution in [1.29, 1.82) is 0 Å². The van der Waals surface area contributed by atoms with E-state index in [1.54, 1.807) is 19.2 Å². The van der Waals surface area contributed by atoms with Gasteiger partial charge >= 0.3 is 0 Å². The molecule has 0 heterocycles. The fourth-order valence-electron chi connectivity index (χ4n) is 2.22. The molecule has 1 aliphatic rings. The van der Waals surface area contributed by atoms with E-state index in [1.165, 1.54) is 12.8 Å². The third kappa shape index (κ3) is 4.78. The highest BCUT2D eigenvalue weighted by Gasteiger charge is 2.41. The molecule has 4 nitrogen and oxygen atoms in total. The first-order chi connectivity index (χ1) is 9.63. The third-order valence-corrected chi connectivity index (χ3v) is 3.92. The molecule has 0 saturated heterocycles. The van der Waals surface area contributed by atoms with Crippen LogP contribution >= 0.6 is 11.6 Å². The smallest absolute Gasteiger partial charge is 0.238 e. The summed E-state index contributed by atoms with van der Waals surface area (Å²) < 4.78 is 5.12. The van der Waals surface area contributed by atoms with Crippen LogP contribution in [-0.4, -0.2) is 32.7 Å². The standard InChI is InChI=1S/C15H21ClN2O2/c1-20-8-7-15(5-6-15)11-17-10-14(19)18-13-4-2-3-12(16)9-13/h2-4,9,17H,5-8,10-11H2,1H3,(H,18,19). The summed E-state index contributed by atoms with van der Waals surface area (Å²) in [5, 5.41) is 6.67. The Balaban J connectivity index is 1.68. The first kappa shape index (κ1) is 15.3. The molecule has 0 spiro atoms. The maximum atomic E-state index is 11.8. The molecule has 0 aromatic heterocycles. The summed E-state index contributed by atoms with van der Waals surface area (Å²) in [6, 6.07) is 7.16. The van der Waals surface area contributed by atoms with Crippen LogP contribution in [0.4, 0.5) is 5.69 Å². The molecule has 20 heavy (non-hydrogen) atoms. The predicted octanol–water partition coefficient (Wildman–Crippen LogP) is 2.68. The zero-order chi connectivity index (χ0) is 14.4. The van der Waals surface area contributed by atoms with Crippen molar-refractivity contribution in [3.05, 3.63) is 29.3 Å². The second kappa shape index (κ2) is 7.07. The van der Waals surface area contributed by atoms with Gasteiger partial charge in [0.1, 0.15) is 0 Å². The summed E-state index contributed by atoms with van der Waals surface area (Å²) in [5.41, 5.74) is 1.08. The first-order valence-electron chi connectivity index (χ1n) is 6.89. The summed E-state index contributed by atoms with van der Waals surface area (Å²) >= 11 is 5.87. The van der Waals surface area contributed by atoms with E-state index in [0.717, 1.165) is 25.3 Å². The van der Waals surface area contributed by atoms with Gasteiger partial charge in [-0.3, -0.25) is 4.79 Å². The number of rotatable bonds is 8. The van der Waals surface area contributed by atoms with Crippen LogP contribution in [0.25, 0.3) is 0 Å². The van der Waals surface area contributed by atoms with Crippen molar-refractivity contribution in [2.45, 2.75) is 19.3 Å². The van der Waals surface area contributed by atoms with Crippen LogP contribution in [0, 0.1) is 5.41 Å². The van der Waals surface area contributed by atoms with E-state index in [1.807, 2.05) is 12.1 Å². The minimum atomic E-state index is -0.0465. The van der Waals surface area contributed by atoms with Crippen molar-refractivity contribution in [1.82, 2.24) is 5.32 Å². The monoisotopic (exact) mass is 296 g/mol. The van der Waals surface area contributed by atoms with Crippen molar-refractivity contribution < 1.29 is 9.53 Å². The molecule has 0 aliphatic heterocycles. The maximum absolute atomic E-state index is 11.8. The highest BCUT2D eigenvalue weighted by Crippen LogP contribution is 2.48. The van der Waals surface area contributed by atoms with Crippen molar-refractivity contribution in [2.75, 3.05) is 32.1 Å². The zero-order valence-corrected chi connectivity index (χ0v) is 12.5. The van der Waals surface area contributed by atoms with Crippen molar-refractivity contribution in [3.8, 4) is 0 Å². The number of nitrogens with one attached hydrogen (secondary N) is 2. The highest BCUT2D eigenvalue weighted by atomic mass is 35.5. The molecule has 0 radical (unpaired) electrons. The SMILES string of the molecule is COCCC1(CNCC(=O)Nc2cccc(Cl)c2)CC1. The van der Waals surface area contributed by atoms with E-state index >= 15 is 0 Å². The van der Waals surface area contributed by atoms with Crippen molar-refractivity contribution >= 4 is 23.2 Å². The van der Waals surface area contributed by atoms with Gasteiger partial charge in [0.15, 0.2) is 0 Å². The summed E-state index contributed by atoms with van der Waals surface area (Å²) in [5.74, 6) is -0.0465. The molecule has 0 unspecified atom stereocenters. The maximum Gasteiger partial charge on any atom is 0.238 e. The van der Waals surface area contributed by atoms with Crippen molar-refractivity contribution in [2.24, 2.45) is 5.41 Å². The number of methoxy groups -OCH3 is 1. The second-order valence-corrected chi connectivity index (χ2v) is 5.84. The minimum Gasteiger partial charge on any atom is -0.385 e. The number of anilines is 1.